The second kappa shape index (κ2) is 3.34. The van der Waals surface area contributed by atoms with Gasteiger partial charge in [0.2, 0.25) is 0 Å². The molecule has 0 aromatic rings. The molecule has 2 heteroatoms. The monoisotopic (exact) mass is 106 g/mol. The predicted molar refractivity (Wildman–Crippen MR) is 29.6 cm³/mol. The molecule has 0 nitrogen and oxygen atoms in total. The fourth-order valence-corrected chi connectivity index (χ4v) is 0.866. The maximum absolute atomic E-state index is 11.9. The molecule has 0 bridgehead atoms. The molecule has 38 valence electrons. The van der Waals surface area contributed by atoms with Gasteiger partial charge in [-0.3, -0.25) is 4.39 Å². The normalized spacial score (nSPS) is 16.5. The van der Waals surface area contributed by atoms with Gasteiger partial charge in [-0.1, -0.05) is 13.5 Å². The van der Waals surface area contributed by atoms with Crippen LogP contribution in [-0.2, 0) is 0 Å². The van der Waals surface area contributed by atoms with E-state index in [4.69, 9.17) is 0 Å². The summed E-state index contributed by atoms with van der Waals surface area (Å²) in [4.78, 5) is 0. The molecule has 0 heterocycles. The molecule has 0 rings (SSSR count). The van der Waals surface area contributed by atoms with E-state index in [1.54, 1.807) is 0 Å². The molecule has 0 aliphatic rings. The van der Waals surface area contributed by atoms with Gasteiger partial charge >= 0.3 is 0 Å². The SMILES string of the molecule is CCC(F)[SiH2]C. The van der Waals surface area contributed by atoms with E-state index in [0.717, 1.165) is 6.42 Å². The third-order valence-corrected chi connectivity index (χ3v) is 2.35. The van der Waals surface area contributed by atoms with E-state index in [9.17, 15) is 4.39 Å². The minimum Gasteiger partial charge on any atom is -0.252 e. The van der Waals surface area contributed by atoms with E-state index >= 15 is 0 Å². The number of rotatable bonds is 2. The highest BCUT2D eigenvalue weighted by molar-refractivity contribution is 6.35. The maximum atomic E-state index is 11.9. The lowest BCUT2D eigenvalue weighted by Crippen LogP contribution is -2.03. The van der Waals surface area contributed by atoms with Gasteiger partial charge in [0.15, 0.2) is 0 Å². The van der Waals surface area contributed by atoms with Crippen LogP contribution in [0, 0.1) is 0 Å². The molecule has 1 atom stereocenters. The van der Waals surface area contributed by atoms with Crippen molar-refractivity contribution >= 4 is 9.52 Å². The van der Waals surface area contributed by atoms with Gasteiger partial charge in [-0.15, -0.1) is 0 Å². The van der Waals surface area contributed by atoms with Crippen molar-refractivity contribution in [3.05, 3.63) is 0 Å². The van der Waals surface area contributed by atoms with Crippen molar-refractivity contribution in [2.24, 2.45) is 0 Å². The Morgan fingerprint density at radius 3 is 2.33 bits per heavy atom. The Kier molecular flexibility index (Phi) is 3.42. The molecular formula is C4H11FSi. The molecule has 1 unspecified atom stereocenters. The van der Waals surface area contributed by atoms with Crippen LogP contribution in [0.2, 0.25) is 6.55 Å². The lowest BCUT2D eigenvalue weighted by atomic mass is 10.5. The summed E-state index contributed by atoms with van der Waals surface area (Å²) >= 11 is 0. The molecule has 0 fully saturated rings. The molecule has 0 aromatic heterocycles. The summed E-state index contributed by atoms with van der Waals surface area (Å²) in [6, 6.07) is 0. The molecular weight excluding hydrogens is 95.1 g/mol. The van der Waals surface area contributed by atoms with Crippen LogP contribution in [0.3, 0.4) is 0 Å². The summed E-state index contributed by atoms with van der Waals surface area (Å²) in [5.41, 5.74) is 0. The van der Waals surface area contributed by atoms with E-state index in [-0.39, 0.29) is 9.52 Å². The van der Waals surface area contributed by atoms with Gasteiger partial charge in [0.05, 0.1) is 15.3 Å². The molecule has 0 spiro atoms. The fourth-order valence-electron chi connectivity index (χ4n) is 0.289. The number of alkyl halides is 1. The quantitative estimate of drug-likeness (QED) is 0.459. The minimum atomic E-state index is -0.426. The topological polar surface area (TPSA) is 0 Å². The molecule has 0 aromatic carbocycles. The molecule has 0 aliphatic heterocycles. The molecule has 0 saturated carbocycles. The zero-order valence-corrected chi connectivity index (χ0v) is 5.78. The zero-order chi connectivity index (χ0) is 4.99. The predicted octanol–water partition coefficient (Wildman–Crippen LogP) is 0.909. The molecule has 0 aliphatic carbocycles. The van der Waals surface area contributed by atoms with Gasteiger partial charge in [0.1, 0.15) is 0 Å². The second-order valence-electron chi connectivity index (χ2n) is 1.41. The average Bonchev–Trinajstić information content (AvgIpc) is 1.65. The van der Waals surface area contributed by atoms with E-state index in [2.05, 4.69) is 0 Å². The zero-order valence-electron chi connectivity index (χ0n) is 4.37. The summed E-state index contributed by atoms with van der Waals surface area (Å²) in [5, 5.41) is 0. The summed E-state index contributed by atoms with van der Waals surface area (Å²) < 4.78 is 11.9. The highest BCUT2D eigenvalue weighted by Gasteiger charge is 1.94. The largest absolute Gasteiger partial charge is 0.252 e. The van der Waals surface area contributed by atoms with Crippen LogP contribution in [0.25, 0.3) is 0 Å². The molecule has 0 saturated heterocycles. The van der Waals surface area contributed by atoms with Crippen molar-refractivity contribution in [3.8, 4) is 0 Å². The van der Waals surface area contributed by atoms with Crippen molar-refractivity contribution in [1.82, 2.24) is 0 Å². The Morgan fingerprint density at radius 2 is 2.33 bits per heavy atom. The summed E-state index contributed by atoms with van der Waals surface area (Å²) in [6.07, 6.45) is 0.725. The number of halogens is 1. The van der Waals surface area contributed by atoms with Crippen LogP contribution in [0.15, 0.2) is 0 Å². The van der Waals surface area contributed by atoms with Gasteiger partial charge in [0, 0.05) is 0 Å². The molecule has 6 heavy (non-hydrogen) atoms. The Bertz CT molecular complexity index is 26.7. The van der Waals surface area contributed by atoms with E-state index in [1.807, 2.05) is 13.5 Å². The van der Waals surface area contributed by atoms with Crippen molar-refractivity contribution in [2.75, 3.05) is 0 Å². The van der Waals surface area contributed by atoms with Gasteiger partial charge in [-0.25, -0.2) is 0 Å². The highest BCUT2D eigenvalue weighted by Crippen LogP contribution is 1.90. The second-order valence-corrected chi connectivity index (χ2v) is 3.12. The Morgan fingerprint density at radius 1 is 1.83 bits per heavy atom. The summed E-state index contributed by atoms with van der Waals surface area (Å²) in [7, 11) is -0.328. The van der Waals surface area contributed by atoms with Gasteiger partial charge in [-0.2, -0.15) is 0 Å². The first-order valence-electron chi connectivity index (χ1n) is 2.45. The number of hydrogen-bond acceptors (Lipinski definition) is 0. The van der Waals surface area contributed by atoms with Gasteiger partial charge in [0.25, 0.3) is 0 Å². The van der Waals surface area contributed by atoms with Crippen LogP contribution in [0.4, 0.5) is 4.39 Å². The third kappa shape index (κ3) is 2.39. The van der Waals surface area contributed by atoms with E-state index in [1.165, 1.54) is 0 Å². The van der Waals surface area contributed by atoms with Crippen LogP contribution in [-0.4, -0.2) is 15.3 Å². The first-order chi connectivity index (χ1) is 2.81. The molecule has 0 amide bonds. The first-order valence-corrected chi connectivity index (χ1v) is 4.68. The van der Waals surface area contributed by atoms with Crippen molar-refractivity contribution < 1.29 is 4.39 Å². The van der Waals surface area contributed by atoms with Gasteiger partial charge < -0.3 is 0 Å². The van der Waals surface area contributed by atoms with Crippen LogP contribution in [0.1, 0.15) is 13.3 Å². The minimum absolute atomic E-state index is 0.328. The Balaban J connectivity index is 2.75. The summed E-state index contributed by atoms with van der Waals surface area (Å²) in [5.74, 6) is -0.426. The van der Waals surface area contributed by atoms with Gasteiger partial charge in [-0.05, 0) is 6.42 Å². The molecule has 0 N–H and O–H groups in total. The van der Waals surface area contributed by atoms with Crippen LogP contribution in [0.5, 0.6) is 0 Å². The Hall–Kier alpha value is 0.147. The lowest BCUT2D eigenvalue weighted by molar-refractivity contribution is 0.429. The van der Waals surface area contributed by atoms with Crippen LogP contribution < -0.4 is 0 Å². The average molecular weight is 106 g/mol. The van der Waals surface area contributed by atoms with Crippen molar-refractivity contribution in [3.63, 3.8) is 0 Å². The smallest absolute Gasteiger partial charge is 0.0827 e. The lowest BCUT2D eigenvalue weighted by Gasteiger charge is -1.93. The third-order valence-electron chi connectivity index (χ3n) is 0.886. The Labute approximate surface area is 40.6 Å². The standard InChI is InChI=1S/C4H11FSi/c1-3-4(5)6-2/h4H,3,6H2,1-2H3. The summed E-state index contributed by atoms with van der Waals surface area (Å²) in [6.45, 7) is 3.88. The van der Waals surface area contributed by atoms with E-state index in [0.29, 0.717) is 0 Å². The molecule has 0 radical (unpaired) electrons. The van der Waals surface area contributed by atoms with Crippen molar-refractivity contribution in [1.29, 1.82) is 0 Å². The fraction of sp³-hybridized carbons (Fsp3) is 1.00. The van der Waals surface area contributed by atoms with Crippen LogP contribution >= 0.6 is 0 Å². The van der Waals surface area contributed by atoms with E-state index < -0.39 is 5.79 Å². The highest BCUT2D eigenvalue weighted by atomic mass is 28.2. The first kappa shape index (κ1) is 6.15. The number of hydrogen-bond donors (Lipinski definition) is 0. The van der Waals surface area contributed by atoms with Crippen molar-refractivity contribution in [2.45, 2.75) is 25.7 Å². The maximum Gasteiger partial charge on any atom is 0.0827 e.